The quantitative estimate of drug-likeness (QED) is 0.839. The van der Waals surface area contributed by atoms with Gasteiger partial charge in [-0.1, -0.05) is 0 Å². The summed E-state index contributed by atoms with van der Waals surface area (Å²) >= 11 is 0. The third-order valence-electron chi connectivity index (χ3n) is 3.85. The Morgan fingerprint density at radius 1 is 1.36 bits per heavy atom. The van der Waals surface area contributed by atoms with E-state index in [0.29, 0.717) is 23.7 Å². The second-order valence-electron chi connectivity index (χ2n) is 5.43. The molecule has 0 aromatic heterocycles. The molecule has 1 aliphatic heterocycles. The maximum absolute atomic E-state index is 12.3. The second-order valence-corrected chi connectivity index (χ2v) is 5.43. The smallest absolute Gasteiger partial charge is 0.260 e. The normalized spacial score (nSPS) is 17.7. The number of piperidine rings is 1. The average Bonchev–Trinajstić information content (AvgIpc) is 2.54. The number of hydrogen-bond acceptors (Lipinski definition) is 4. The van der Waals surface area contributed by atoms with Gasteiger partial charge in [-0.25, -0.2) is 0 Å². The minimum absolute atomic E-state index is 0.000918. The van der Waals surface area contributed by atoms with Crippen LogP contribution >= 0.6 is 0 Å². The fraction of sp³-hybridized carbons (Fsp3) is 0.529. The first kappa shape index (κ1) is 16.2. The van der Waals surface area contributed by atoms with Crippen molar-refractivity contribution in [2.24, 2.45) is 0 Å². The molecule has 1 atom stereocenters. The van der Waals surface area contributed by atoms with E-state index in [1.807, 2.05) is 11.8 Å². The van der Waals surface area contributed by atoms with E-state index in [9.17, 15) is 4.79 Å². The summed E-state index contributed by atoms with van der Waals surface area (Å²) in [6, 6.07) is 7.31. The van der Waals surface area contributed by atoms with Gasteiger partial charge in [-0.3, -0.25) is 4.79 Å². The summed E-state index contributed by atoms with van der Waals surface area (Å²) in [5.74, 6) is 0.999. The summed E-state index contributed by atoms with van der Waals surface area (Å²) in [4.78, 5) is 14.2. The summed E-state index contributed by atoms with van der Waals surface area (Å²) in [7, 11) is 0. The van der Waals surface area contributed by atoms with Crippen molar-refractivity contribution in [3.05, 3.63) is 23.8 Å². The first-order valence-corrected chi connectivity index (χ1v) is 7.75. The Labute approximate surface area is 131 Å². The van der Waals surface area contributed by atoms with Crippen LogP contribution < -0.4 is 9.47 Å². The number of rotatable bonds is 5. The molecule has 1 amide bonds. The molecule has 1 aliphatic rings. The molecule has 0 N–H and O–H groups in total. The molecule has 0 aliphatic carbocycles. The van der Waals surface area contributed by atoms with E-state index >= 15 is 0 Å². The third-order valence-corrected chi connectivity index (χ3v) is 3.85. The lowest BCUT2D eigenvalue weighted by Gasteiger charge is -2.33. The summed E-state index contributed by atoms with van der Waals surface area (Å²) < 4.78 is 11.1. The van der Waals surface area contributed by atoms with Crippen LogP contribution in [-0.2, 0) is 4.79 Å². The van der Waals surface area contributed by atoms with Crippen molar-refractivity contribution in [3.8, 4) is 17.6 Å². The minimum Gasteiger partial charge on any atom is -0.490 e. The zero-order valence-electron chi connectivity index (χ0n) is 13.2. The van der Waals surface area contributed by atoms with Crippen LogP contribution in [0.25, 0.3) is 0 Å². The van der Waals surface area contributed by atoms with Crippen molar-refractivity contribution in [1.29, 1.82) is 5.26 Å². The van der Waals surface area contributed by atoms with E-state index in [2.05, 4.69) is 13.0 Å². The molecule has 5 nitrogen and oxygen atoms in total. The number of carbonyl (C=O) groups excluding carboxylic acids is 1. The van der Waals surface area contributed by atoms with Gasteiger partial charge in [0.05, 0.1) is 18.2 Å². The highest BCUT2D eigenvalue weighted by atomic mass is 16.5. The Bertz CT molecular complexity index is 566. The number of likely N-dealkylation sites (tertiary alicyclic amines) is 1. The molecule has 0 radical (unpaired) electrons. The van der Waals surface area contributed by atoms with Crippen LogP contribution in [0, 0.1) is 11.3 Å². The fourth-order valence-electron chi connectivity index (χ4n) is 2.66. The molecule has 1 aromatic rings. The van der Waals surface area contributed by atoms with E-state index in [-0.39, 0.29) is 18.6 Å². The van der Waals surface area contributed by atoms with Gasteiger partial charge >= 0.3 is 0 Å². The Balaban J connectivity index is 2.01. The van der Waals surface area contributed by atoms with Crippen LogP contribution in [0.5, 0.6) is 11.5 Å². The molecule has 2 rings (SSSR count). The Morgan fingerprint density at radius 2 is 2.18 bits per heavy atom. The monoisotopic (exact) mass is 302 g/mol. The van der Waals surface area contributed by atoms with Gasteiger partial charge in [-0.2, -0.15) is 5.26 Å². The lowest BCUT2D eigenvalue weighted by atomic mass is 10.0. The standard InChI is InChI=1S/C17H22N2O3/c1-3-21-16-10-14(11-18)7-8-15(16)22-12-17(20)19-9-5-4-6-13(19)2/h7-8,10,13H,3-6,9,12H2,1-2H3/t13-/m0/s1. The van der Waals surface area contributed by atoms with Gasteiger partial charge in [0.15, 0.2) is 18.1 Å². The van der Waals surface area contributed by atoms with E-state index in [1.54, 1.807) is 18.2 Å². The summed E-state index contributed by atoms with van der Waals surface area (Å²) in [6.45, 7) is 5.21. The van der Waals surface area contributed by atoms with Crippen molar-refractivity contribution in [2.75, 3.05) is 19.8 Å². The van der Waals surface area contributed by atoms with Crippen LogP contribution in [0.4, 0.5) is 0 Å². The van der Waals surface area contributed by atoms with E-state index < -0.39 is 0 Å². The zero-order chi connectivity index (χ0) is 15.9. The van der Waals surface area contributed by atoms with Crippen LogP contribution in [0.2, 0.25) is 0 Å². The molecule has 1 fully saturated rings. The number of benzene rings is 1. The summed E-state index contributed by atoms with van der Waals surface area (Å²) in [6.07, 6.45) is 3.28. The van der Waals surface area contributed by atoms with Crippen LogP contribution in [0.15, 0.2) is 18.2 Å². The van der Waals surface area contributed by atoms with Gasteiger partial charge in [0.25, 0.3) is 5.91 Å². The van der Waals surface area contributed by atoms with Crippen LogP contribution in [0.3, 0.4) is 0 Å². The van der Waals surface area contributed by atoms with Crippen molar-refractivity contribution in [3.63, 3.8) is 0 Å². The SMILES string of the molecule is CCOc1cc(C#N)ccc1OCC(=O)N1CCCC[C@@H]1C. The highest BCUT2D eigenvalue weighted by Gasteiger charge is 2.23. The largest absolute Gasteiger partial charge is 0.490 e. The number of carbonyl (C=O) groups is 1. The maximum atomic E-state index is 12.3. The van der Waals surface area contributed by atoms with Crippen molar-refractivity contribution < 1.29 is 14.3 Å². The molecule has 22 heavy (non-hydrogen) atoms. The minimum atomic E-state index is -0.00366. The van der Waals surface area contributed by atoms with Gasteiger partial charge in [-0.15, -0.1) is 0 Å². The van der Waals surface area contributed by atoms with E-state index in [0.717, 1.165) is 19.4 Å². The number of amides is 1. The Kier molecular flexibility index (Phi) is 5.65. The number of hydrogen-bond donors (Lipinski definition) is 0. The molecule has 0 saturated carbocycles. The molecule has 0 bridgehead atoms. The molecule has 118 valence electrons. The topological polar surface area (TPSA) is 62.6 Å². The van der Waals surface area contributed by atoms with Gasteiger partial charge in [0.2, 0.25) is 0 Å². The highest BCUT2D eigenvalue weighted by Crippen LogP contribution is 2.28. The van der Waals surface area contributed by atoms with E-state index in [4.69, 9.17) is 14.7 Å². The Morgan fingerprint density at radius 3 is 2.86 bits per heavy atom. The van der Waals surface area contributed by atoms with Crippen molar-refractivity contribution in [1.82, 2.24) is 4.90 Å². The van der Waals surface area contributed by atoms with Gasteiger partial charge in [-0.05, 0) is 45.2 Å². The Hall–Kier alpha value is -2.22. The van der Waals surface area contributed by atoms with Gasteiger partial charge in [0.1, 0.15) is 0 Å². The molecule has 1 saturated heterocycles. The first-order valence-electron chi connectivity index (χ1n) is 7.75. The molecule has 1 heterocycles. The van der Waals surface area contributed by atoms with Gasteiger partial charge < -0.3 is 14.4 Å². The zero-order valence-corrected chi connectivity index (χ0v) is 13.2. The van der Waals surface area contributed by atoms with Gasteiger partial charge in [0, 0.05) is 18.7 Å². The predicted molar refractivity (Wildman–Crippen MR) is 82.8 cm³/mol. The van der Waals surface area contributed by atoms with Crippen LogP contribution in [0.1, 0.15) is 38.7 Å². The average molecular weight is 302 g/mol. The number of nitriles is 1. The lowest BCUT2D eigenvalue weighted by molar-refractivity contribution is -0.136. The highest BCUT2D eigenvalue weighted by molar-refractivity contribution is 5.78. The molecular formula is C17H22N2O3. The van der Waals surface area contributed by atoms with Crippen molar-refractivity contribution >= 4 is 5.91 Å². The molecule has 0 spiro atoms. The molecule has 0 unspecified atom stereocenters. The number of nitrogens with zero attached hydrogens (tertiary/aromatic N) is 2. The number of ether oxygens (including phenoxy) is 2. The van der Waals surface area contributed by atoms with E-state index in [1.165, 1.54) is 6.42 Å². The summed E-state index contributed by atoms with van der Waals surface area (Å²) in [5, 5.41) is 8.93. The van der Waals surface area contributed by atoms with Crippen molar-refractivity contribution in [2.45, 2.75) is 39.2 Å². The molecule has 5 heteroatoms. The third kappa shape index (κ3) is 3.91. The molecule has 1 aromatic carbocycles. The predicted octanol–water partition coefficient (Wildman–Crippen LogP) is 2.74. The maximum Gasteiger partial charge on any atom is 0.260 e. The molecular weight excluding hydrogens is 280 g/mol. The van der Waals surface area contributed by atoms with Crippen LogP contribution in [-0.4, -0.2) is 36.6 Å². The fourth-order valence-corrected chi connectivity index (χ4v) is 2.66. The second kappa shape index (κ2) is 7.69. The lowest BCUT2D eigenvalue weighted by Crippen LogP contribution is -2.44. The first-order chi connectivity index (χ1) is 10.7. The summed E-state index contributed by atoms with van der Waals surface area (Å²) in [5.41, 5.74) is 0.506.